The molecule has 0 aliphatic carbocycles. The lowest BCUT2D eigenvalue weighted by atomic mass is 10.0. The first-order valence-electron chi connectivity index (χ1n) is 10.2. The Hall–Kier alpha value is -2.55. The second-order valence-corrected chi connectivity index (χ2v) is 10.7. The number of rotatable bonds is 3. The molecule has 0 saturated carbocycles. The van der Waals surface area contributed by atoms with Crippen LogP contribution in [-0.4, -0.2) is 61.0 Å². The van der Waals surface area contributed by atoms with Gasteiger partial charge in [-0.15, -0.1) is 0 Å². The van der Waals surface area contributed by atoms with Crippen molar-refractivity contribution < 1.29 is 8.42 Å². The van der Waals surface area contributed by atoms with Crippen molar-refractivity contribution in [3.63, 3.8) is 0 Å². The Morgan fingerprint density at radius 2 is 1.94 bits per heavy atom. The van der Waals surface area contributed by atoms with Crippen molar-refractivity contribution in [1.29, 1.82) is 0 Å². The van der Waals surface area contributed by atoms with Crippen LogP contribution < -0.4 is 5.32 Å². The van der Waals surface area contributed by atoms with Gasteiger partial charge in [0.15, 0.2) is 15.7 Å². The zero-order chi connectivity index (χ0) is 21.6. The number of aromatic nitrogens is 1. The van der Waals surface area contributed by atoms with Crippen molar-refractivity contribution in [3.05, 3.63) is 69.6 Å². The number of anilines is 1. The van der Waals surface area contributed by atoms with Gasteiger partial charge >= 0.3 is 0 Å². The summed E-state index contributed by atoms with van der Waals surface area (Å²) in [6.07, 6.45) is 1.82. The molecule has 31 heavy (non-hydrogen) atoms. The number of aliphatic imine (C=N–C) groups is 2. The summed E-state index contributed by atoms with van der Waals surface area (Å²) in [6.45, 7) is 4.30. The van der Waals surface area contributed by atoms with Crippen LogP contribution in [0.3, 0.4) is 0 Å². The third kappa shape index (κ3) is 4.03. The maximum Gasteiger partial charge on any atom is 0.152 e. The van der Waals surface area contributed by atoms with Gasteiger partial charge in [-0.25, -0.2) is 13.4 Å². The quantitative estimate of drug-likeness (QED) is 0.768. The number of sulfone groups is 1. The Kier molecular flexibility index (Phi) is 5.16. The van der Waals surface area contributed by atoms with Crippen molar-refractivity contribution in [2.45, 2.75) is 13.5 Å². The highest BCUT2D eigenvalue weighted by molar-refractivity contribution is 7.91. The molecule has 3 aliphatic heterocycles. The van der Waals surface area contributed by atoms with E-state index in [1.165, 1.54) is 0 Å². The zero-order valence-corrected chi connectivity index (χ0v) is 18.7. The largest absolute Gasteiger partial charge is 0.338 e. The topological polar surface area (TPSA) is 87.0 Å². The van der Waals surface area contributed by atoms with Crippen molar-refractivity contribution in [2.24, 2.45) is 9.98 Å². The molecule has 0 unspecified atom stereocenters. The van der Waals surface area contributed by atoms with E-state index < -0.39 is 9.84 Å². The molecular weight excluding hydrogens is 434 g/mol. The predicted molar refractivity (Wildman–Crippen MR) is 124 cm³/mol. The maximum atomic E-state index is 11.7. The molecule has 160 valence electrons. The lowest BCUT2D eigenvalue weighted by Crippen LogP contribution is -2.39. The zero-order valence-electron chi connectivity index (χ0n) is 17.1. The van der Waals surface area contributed by atoms with Gasteiger partial charge in [0.1, 0.15) is 5.70 Å². The minimum absolute atomic E-state index is 0.198. The summed E-state index contributed by atoms with van der Waals surface area (Å²) in [5, 5.41) is 4.07. The van der Waals surface area contributed by atoms with Crippen LogP contribution in [-0.2, 0) is 16.4 Å². The number of hydrogen-bond donors (Lipinski definition) is 1. The van der Waals surface area contributed by atoms with Crippen molar-refractivity contribution >= 4 is 38.7 Å². The fourth-order valence-electron chi connectivity index (χ4n) is 3.97. The van der Waals surface area contributed by atoms with E-state index in [1.807, 2.05) is 43.5 Å². The van der Waals surface area contributed by atoms with E-state index in [0.29, 0.717) is 31.2 Å². The van der Waals surface area contributed by atoms with Crippen LogP contribution in [0.25, 0.3) is 0 Å². The normalized spacial score (nSPS) is 20.3. The maximum absolute atomic E-state index is 11.7. The van der Waals surface area contributed by atoms with Crippen LogP contribution in [0.2, 0.25) is 5.02 Å². The van der Waals surface area contributed by atoms with Crippen molar-refractivity contribution in [1.82, 2.24) is 9.88 Å². The van der Waals surface area contributed by atoms with Crippen LogP contribution in [0.1, 0.15) is 23.7 Å². The fraction of sp³-hybridized carbons (Fsp3) is 0.318. The monoisotopic (exact) mass is 455 g/mol. The van der Waals surface area contributed by atoms with Crippen LogP contribution in [0, 0.1) is 0 Å². The van der Waals surface area contributed by atoms with E-state index in [-0.39, 0.29) is 11.5 Å². The van der Waals surface area contributed by atoms with Crippen LogP contribution in [0.15, 0.2) is 57.8 Å². The van der Waals surface area contributed by atoms with Gasteiger partial charge in [0, 0.05) is 42.0 Å². The summed E-state index contributed by atoms with van der Waals surface area (Å²) < 4.78 is 23.4. The molecule has 0 radical (unpaired) electrons. The number of halogens is 1. The predicted octanol–water partition coefficient (Wildman–Crippen LogP) is 2.91. The van der Waals surface area contributed by atoms with Gasteiger partial charge in [0.2, 0.25) is 0 Å². The molecule has 4 heterocycles. The Bertz CT molecular complexity index is 1250. The fourth-order valence-corrected chi connectivity index (χ4v) is 5.47. The van der Waals surface area contributed by atoms with E-state index in [1.54, 1.807) is 0 Å². The molecule has 1 aromatic carbocycles. The summed E-state index contributed by atoms with van der Waals surface area (Å²) in [4.78, 5) is 16.4. The molecule has 0 spiro atoms. The van der Waals surface area contributed by atoms with Gasteiger partial charge in [-0.1, -0.05) is 29.8 Å². The van der Waals surface area contributed by atoms with Gasteiger partial charge in [0.25, 0.3) is 0 Å². The average Bonchev–Trinajstić information content (AvgIpc) is 2.99. The number of nitrogens with one attached hydrogen (secondary N) is 1. The van der Waals surface area contributed by atoms with E-state index in [0.717, 1.165) is 45.3 Å². The molecule has 7 nitrogen and oxygen atoms in total. The first kappa shape index (κ1) is 20.4. The highest BCUT2D eigenvalue weighted by Gasteiger charge is 2.27. The van der Waals surface area contributed by atoms with E-state index in [2.05, 4.69) is 20.2 Å². The highest BCUT2D eigenvalue weighted by Crippen LogP contribution is 2.31. The van der Waals surface area contributed by atoms with Gasteiger partial charge in [-0.3, -0.25) is 14.9 Å². The summed E-state index contributed by atoms with van der Waals surface area (Å²) in [7, 11) is -2.91. The van der Waals surface area contributed by atoms with Gasteiger partial charge in [-0.2, -0.15) is 0 Å². The molecule has 1 fully saturated rings. The second-order valence-electron chi connectivity index (χ2n) is 8.01. The van der Waals surface area contributed by atoms with Gasteiger partial charge in [-0.05, 0) is 24.6 Å². The molecule has 0 bridgehead atoms. The van der Waals surface area contributed by atoms with Crippen LogP contribution in [0.5, 0.6) is 0 Å². The lowest BCUT2D eigenvalue weighted by molar-refractivity contribution is 0.284. The number of hydrogen-bond acceptors (Lipinski definition) is 7. The Labute approximate surface area is 186 Å². The Balaban J connectivity index is 1.53. The third-order valence-electron chi connectivity index (χ3n) is 5.75. The summed E-state index contributed by atoms with van der Waals surface area (Å²) in [5.74, 6) is 1.15. The Morgan fingerprint density at radius 1 is 1.16 bits per heavy atom. The molecule has 3 aliphatic rings. The highest BCUT2D eigenvalue weighted by atomic mass is 35.5. The molecule has 5 rings (SSSR count). The molecule has 1 aromatic heterocycles. The molecule has 1 N–H and O–H groups in total. The SMILES string of the molecule is CC1=C2N=C(c3ccccc3Cl)c3cnc(CN4CCS(=O)(=O)CC4)cc3NC2=NC1. The summed E-state index contributed by atoms with van der Waals surface area (Å²) in [5.41, 5.74) is 6.14. The summed E-state index contributed by atoms with van der Waals surface area (Å²) in [6, 6.07) is 9.66. The number of fused-ring (bicyclic) bond motifs is 2. The third-order valence-corrected chi connectivity index (χ3v) is 7.69. The Morgan fingerprint density at radius 3 is 2.71 bits per heavy atom. The summed E-state index contributed by atoms with van der Waals surface area (Å²) >= 11 is 6.52. The smallest absolute Gasteiger partial charge is 0.152 e. The standard InChI is InChI=1S/C22H22ClN5O2S/c1-14-11-25-22-20(14)27-21(16-4-2-3-5-18(16)23)17-12-24-15(10-19(17)26-22)13-28-6-8-31(29,30)9-7-28/h2-5,10,12H,6-9,11,13H2,1H3,(H,25,26). The number of pyridine rings is 1. The first-order chi connectivity index (χ1) is 14.9. The second kappa shape index (κ2) is 7.85. The van der Waals surface area contributed by atoms with Gasteiger partial charge < -0.3 is 5.32 Å². The molecule has 2 aromatic rings. The van der Waals surface area contributed by atoms with E-state index in [4.69, 9.17) is 16.6 Å². The van der Waals surface area contributed by atoms with E-state index in [9.17, 15) is 8.42 Å². The van der Waals surface area contributed by atoms with Crippen LogP contribution in [0.4, 0.5) is 5.69 Å². The number of amidine groups is 1. The van der Waals surface area contributed by atoms with E-state index >= 15 is 0 Å². The molecule has 1 saturated heterocycles. The number of nitrogens with zero attached hydrogens (tertiary/aromatic N) is 4. The minimum Gasteiger partial charge on any atom is -0.338 e. The average molecular weight is 456 g/mol. The van der Waals surface area contributed by atoms with Gasteiger partial charge in [0.05, 0.1) is 35.1 Å². The van der Waals surface area contributed by atoms with Crippen molar-refractivity contribution in [2.75, 3.05) is 36.5 Å². The molecule has 0 amide bonds. The lowest BCUT2D eigenvalue weighted by Gasteiger charge is -2.26. The van der Waals surface area contributed by atoms with Crippen LogP contribution >= 0.6 is 11.6 Å². The molecular formula is C22H22ClN5O2S. The molecule has 9 heteroatoms. The minimum atomic E-state index is -2.91. The number of benzene rings is 1. The first-order valence-corrected chi connectivity index (χ1v) is 12.4. The molecule has 0 atom stereocenters. The van der Waals surface area contributed by atoms with Crippen molar-refractivity contribution in [3.8, 4) is 0 Å².